The quantitative estimate of drug-likeness (QED) is 0.370. The summed E-state index contributed by atoms with van der Waals surface area (Å²) in [5, 5.41) is 15.8. The second kappa shape index (κ2) is 11.0. The Morgan fingerprint density at radius 1 is 1.19 bits per heavy atom. The summed E-state index contributed by atoms with van der Waals surface area (Å²) in [5.74, 6) is 1.17. The lowest BCUT2D eigenvalue weighted by Gasteiger charge is -2.11. The molecule has 0 unspecified atom stereocenters. The average Bonchev–Trinajstić information content (AvgIpc) is 2.49. The van der Waals surface area contributed by atoms with Crippen LogP contribution in [0.25, 0.3) is 0 Å². The number of aromatic hydroxyl groups is 1. The lowest BCUT2D eigenvalue weighted by molar-refractivity contribution is 0.195. The van der Waals surface area contributed by atoms with Crippen molar-refractivity contribution >= 4 is 5.96 Å². The van der Waals surface area contributed by atoms with Crippen LogP contribution < -0.4 is 10.6 Å². The van der Waals surface area contributed by atoms with E-state index >= 15 is 0 Å². The van der Waals surface area contributed by atoms with Crippen LogP contribution in [0.15, 0.2) is 29.3 Å². The number of benzene rings is 1. The summed E-state index contributed by atoms with van der Waals surface area (Å²) in [4.78, 5) is 4.55. The monoisotopic (exact) mass is 293 g/mol. The molecule has 5 heteroatoms. The largest absolute Gasteiger partial charge is 0.508 e. The first kappa shape index (κ1) is 17.3. The van der Waals surface area contributed by atoms with E-state index < -0.39 is 0 Å². The number of phenols is 1. The Balaban J connectivity index is 2.27. The summed E-state index contributed by atoms with van der Waals surface area (Å²) in [6.07, 6.45) is 2.92. The molecule has 21 heavy (non-hydrogen) atoms. The maximum atomic E-state index is 9.23. The van der Waals surface area contributed by atoms with E-state index in [2.05, 4.69) is 22.5 Å². The molecule has 3 N–H and O–H groups in total. The smallest absolute Gasteiger partial charge is 0.191 e. The third-order valence-electron chi connectivity index (χ3n) is 2.99. The van der Waals surface area contributed by atoms with E-state index in [1.54, 1.807) is 19.2 Å². The molecule has 5 nitrogen and oxygen atoms in total. The molecule has 0 radical (unpaired) electrons. The molecule has 1 rings (SSSR count). The van der Waals surface area contributed by atoms with E-state index in [-0.39, 0.29) is 0 Å². The first-order valence-corrected chi connectivity index (χ1v) is 7.55. The molecule has 0 amide bonds. The van der Waals surface area contributed by atoms with Crippen LogP contribution in [0, 0.1) is 0 Å². The fourth-order valence-corrected chi connectivity index (χ4v) is 1.90. The third kappa shape index (κ3) is 8.19. The lowest BCUT2D eigenvalue weighted by atomic mass is 10.1. The van der Waals surface area contributed by atoms with Crippen molar-refractivity contribution < 1.29 is 9.84 Å². The fraction of sp³-hybridized carbons (Fsp3) is 0.562. The second-order valence-corrected chi connectivity index (χ2v) is 4.80. The first-order chi connectivity index (χ1) is 10.3. The summed E-state index contributed by atoms with van der Waals surface area (Å²) in [6, 6.07) is 7.35. The van der Waals surface area contributed by atoms with Crippen molar-refractivity contribution in [3.63, 3.8) is 0 Å². The molecule has 0 fully saturated rings. The normalized spacial score (nSPS) is 11.4. The van der Waals surface area contributed by atoms with Gasteiger partial charge in [-0.25, -0.2) is 0 Å². The van der Waals surface area contributed by atoms with Crippen LogP contribution in [-0.2, 0) is 11.2 Å². The number of nitrogens with zero attached hydrogens (tertiary/aromatic N) is 1. The molecule has 0 aliphatic carbocycles. The zero-order chi connectivity index (χ0) is 15.3. The predicted molar refractivity (Wildman–Crippen MR) is 86.9 cm³/mol. The molecule has 0 saturated heterocycles. The number of methoxy groups -OCH3 is 1. The van der Waals surface area contributed by atoms with Gasteiger partial charge in [-0.1, -0.05) is 12.1 Å². The van der Waals surface area contributed by atoms with Crippen molar-refractivity contribution in [3.05, 3.63) is 29.8 Å². The van der Waals surface area contributed by atoms with E-state index in [0.717, 1.165) is 51.5 Å². The van der Waals surface area contributed by atoms with Crippen LogP contribution in [0.5, 0.6) is 5.75 Å². The Labute approximate surface area is 127 Å². The number of nitrogens with one attached hydrogen (secondary N) is 2. The van der Waals surface area contributed by atoms with Gasteiger partial charge in [0.15, 0.2) is 5.96 Å². The highest BCUT2D eigenvalue weighted by Gasteiger charge is 1.97. The maximum Gasteiger partial charge on any atom is 0.191 e. The van der Waals surface area contributed by atoms with E-state index in [0.29, 0.717) is 5.75 Å². The van der Waals surface area contributed by atoms with Gasteiger partial charge < -0.3 is 20.5 Å². The molecule has 0 spiro atoms. The van der Waals surface area contributed by atoms with Crippen LogP contribution in [0.4, 0.5) is 0 Å². The second-order valence-electron chi connectivity index (χ2n) is 4.80. The van der Waals surface area contributed by atoms with Gasteiger partial charge in [0, 0.05) is 33.4 Å². The number of hydrogen-bond acceptors (Lipinski definition) is 3. The number of ether oxygens (including phenoxy) is 1. The summed E-state index contributed by atoms with van der Waals surface area (Å²) < 4.78 is 5.02. The average molecular weight is 293 g/mol. The van der Waals surface area contributed by atoms with Crippen LogP contribution in [0.2, 0.25) is 0 Å². The van der Waals surface area contributed by atoms with Crippen LogP contribution >= 0.6 is 0 Å². The minimum atomic E-state index is 0.312. The molecular weight excluding hydrogens is 266 g/mol. The number of guanidine groups is 1. The molecule has 1 aromatic rings. The minimum absolute atomic E-state index is 0.312. The molecule has 118 valence electrons. The highest BCUT2D eigenvalue weighted by atomic mass is 16.5. The molecule has 0 aromatic heterocycles. The van der Waals surface area contributed by atoms with Gasteiger partial charge >= 0.3 is 0 Å². The van der Waals surface area contributed by atoms with E-state index in [1.165, 1.54) is 5.56 Å². The van der Waals surface area contributed by atoms with Gasteiger partial charge in [0.05, 0.1) is 0 Å². The predicted octanol–water partition coefficient (Wildman–Crippen LogP) is 1.92. The van der Waals surface area contributed by atoms with Gasteiger partial charge in [0.25, 0.3) is 0 Å². The van der Waals surface area contributed by atoms with Crippen LogP contribution in [0.3, 0.4) is 0 Å². The van der Waals surface area contributed by atoms with E-state index in [4.69, 9.17) is 4.74 Å². The van der Waals surface area contributed by atoms with Gasteiger partial charge in [-0.05, 0) is 43.9 Å². The van der Waals surface area contributed by atoms with E-state index in [9.17, 15) is 5.11 Å². The number of aliphatic imine (C=N–C) groups is 1. The fourth-order valence-electron chi connectivity index (χ4n) is 1.90. The maximum absolute atomic E-state index is 9.23. The molecular formula is C16H27N3O2. The van der Waals surface area contributed by atoms with Crippen molar-refractivity contribution in [1.82, 2.24) is 10.6 Å². The molecule has 1 aromatic carbocycles. The Morgan fingerprint density at radius 2 is 1.95 bits per heavy atom. The molecule has 0 heterocycles. The van der Waals surface area contributed by atoms with Crippen molar-refractivity contribution in [3.8, 4) is 5.75 Å². The minimum Gasteiger partial charge on any atom is -0.508 e. The number of aryl methyl sites for hydroxylation is 1. The van der Waals surface area contributed by atoms with Crippen molar-refractivity contribution in [2.75, 3.05) is 33.4 Å². The Hall–Kier alpha value is -1.75. The molecule has 0 aliphatic heterocycles. The van der Waals surface area contributed by atoms with Crippen molar-refractivity contribution in [1.29, 1.82) is 0 Å². The lowest BCUT2D eigenvalue weighted by Crippen LogP contribution is -2.38. The summed E-state index contributed by atoms with van der Waals surface area (Å²) in [5.41, 5.74) is 1.22. The third-order valence-corrected chi connectivity index (χ3v) is 2.99. The topological polar surface area (TPSA) is 65.9 Å². The number of rotatable bonds is 9. The Kier molecular flexibility index (Phi) is 9.04. The summed E-state index contributed by atoms with van der Waals surface area (Å²) in [6.45, 7) is 5.31. The Bertz CT molecular complexity index is 404. The first-order valence-electron chi connectivity index (χ1n) is 7.55. The Morgan fingerprint density at radius 3 is 2.62 bits per heavy atom. The van der Waals surface area contributed by atoms with Crippen LogP contribution in [0.1, 0.15) is 25.3 Å². The zero-order valence-corrected chi connectivity index (χ0v) is 13.1. The van der Waals surface area contributed by atoms with Gasteiger partial charge in [-0.2, -0.15) is 0 Å². The van der Waals surface area contributed by atoms with Gasteiger partial charge in [-0.15, -0.1) is 0 Å². The van der Waals surface area contributed by atoms with Crippen LogP contribution in [-0.4, -0.2) is 44.4 Å². The van der Waals surface area contributed by atoms with Gasteiger partial charge in [-0.3, -0.25) is 4.99 Å². The number of hydrogen-bond donors (Lipinski definition) is 3. The molecule has 0 atom stereocenters. The van der Waals surface area contributed by atoms with Crippen molar-refractivity contribution in [2.45, 2.75) is 26.2 Å². The zero-order valence-electron chi connectivity index (χ0n) is 13.1. The SMILES string of the molecule is CCNC(=NCCCc1ccc(O)cc1)NCCCOC. The molecule has 0 saturated carbocycles. The highest BCUT2D eigenvalue weighted by molar-refractivity contribution is 5.79. The van der Waals surface area contributed by atoms with E-state index in [1.807, 2.05) is 12.1 Å². The standard InChI is InChI=1S/C16H27N3O2/c1-3-17-16(19-12-5-13-21-2)18-11-4-6-14-7-9-15(20)10-8-14/h7-10,20H,3-6,11-13H2,1-2H3,(H2,17,18,19). The summed E-state index contributed by atoms with van der Waals surface area (Å²) in [7, 11) is 1.71. The summed E-state index contributed by atoms with van der Waals surface area (Å²) >= 11 is 0. The van der Waals surface area contributed by atoms with Crippen molar-refractivity contribution in [2.24, 2.45) is 4.99 Å². The molecule has 0 bridgehead atoms. The molecule has 0 aliphatic rings. The van der Waals surface area contributed by atoms with Gasteiger partial charge in [0.1, 0.15) is 5.75 Å². The van der Waals surface area contributed by atoms with Gasteiger partial charge in [0.2, 0.25) is 0 Å². The highest BCUT2D eigenvalue weighted by Crippen LogP contribution is 2.10. The number of phenolic OH excluding ortho intramolecular Hbond substituents is 1.